The van der Waals surface area contributed by atoms with Crippen LogP contribution in [-0.4, -0.2) is 23.0 Å². The summed E-state index contributed by atoms with van der Waals surface area (Å²) in [6, 6.07) is 3.81. The molecule has 0 bridgehead atoms. The Balaban J connectivity index is 2.01. The molecule has 15 heavy (non-hydrogen) atoms. The van der Waals surface area contributed by atoms with Gasteiger partial charge in [-0.2, -0.15) is 0 Å². The molecule has 1 aromatic rings. The summed E-state index contributed by atoms with van der Waals surface area (Å²) in [7, 11) is 0. The minimum atomic E-state index is 0.536. The Labute approximate surface area is 94.8 Å². The van der Waals surface area contributed by atoms with Gasteiger partial charge in [-0.15, -0.1) is 0 Å². The first-order valence-corrected chi connectivity index (χ1v) is 5.41. The molecule has 0 amide bonds. The van der Waals surface area contributed by atoms with E-state index in [9.17, 15) is 0 Å². The Bertz CT molecular complexity index is 347. The van der Waals surface area contributed by atoms with Gasteiger partial charge in [-0.1, -0.05) is 24.2 Å². The van der Waals surface area contributed by atoms with Crippen molar-refractivity contribution in [3.05, 3.63) is 41.4 Å². The molecule has 3 nitrogen and oxygen atoms in total. The minimum absolute atomic E-state index is 0.536. The van der Waals surface area contributed by atoms with Gasteiger partial charge in [0, 0.05) is 25.8 Å². The molecular weight excluding hydrogens is 210 g/mol. The van der Waals surface area contributed by atoms with E-state index in [1.807, 2.05) is 18.3 Å². The Morgan fingerprint density at radius 3 is 3.07 bits per heavy atom. The largest absolute Gasteiger partial charge is 0.372 e. The van der Waals surface area contributed by atoms with E-state index >= 15 is 0 Å². The van der Waals surface area contributed by atoms with E-state index in [4.69, 9.17) is 11.6 Å². The Morgan fingerprint density at radius 2 is 2.40 bits per heavy atom. The molecule has 0 unspecified atom stereocenters. The first-order valence-electron chi connectivity index (χ1n) is 5.04. The third-order valence-corrected chi connectivity index (χ3v) is 2.70. The van der Waals surface area contributed by atoms with Crippen molar-refractivity contribution >= 4 is 11.6 Å². The van der Waals surface area contributed by atoms with Crippen LogP contribution in [0.15, 0.2) is 30.7 Å². The van der Waals surface area contributed by atoms with Crippen molar-refractivity contribution in [1.29, 1.82) is 0 Å². The number of pyridine rings is 1. The van der Waals surface area contributed by atoms with Crippen LogP contribution in [0.5, 0.6) is 0 Å². The number of hydrogen-bond acceptors (Lipinski definition) is 3. The summed E-state index contributed by atoms with van der Waals surface area (Å²) in [5.74, 6) is 0.996. The molecule has 1 aromatic heterocycles. The highest BCUT2D eigenvalue weighted by atomic mass is 35.5. The maximum atomic E-state index is 5.73. The third-order valence-electron chi connectivity index (χ3n) is 2.48. The van der Waals surface area contributed by atoms with Gasteiger partial charge < -0.3 is 10.2 Å². The summed E-state index contributed by atoms with van der Waals surface area (Å²) < 4.78 is 0. The molecule has 0 radical (unpaired) electrons. The second kappa shape index (κ2) is 4.53. The molecule has 2 heterocycles. The lowest BCUT2D eigenvalue weighted by molar-refractivity contribution is 0.275. The van der Waals surface area contributed by atoms with E-state index in [2.05, 4.69) is 21.8 Å². The highest BCUT2D eigenvalue weighted by Crippen LogP contribution is 2.12. The molecule has 0 aliphatic carbocycles. The smallest absolute Gasteiger partial charge is 0.129 e. The maximum absolute atomic E-state index is 5.73. The number of halogens is 1. The van der Waals surface area contributed by atoms with Crippen molar-refractivity contribution in [1.82, 2.24) is 15.2 Å². The van der Waals surface area contributed by atoms with Crippen molar-refractivity contribution in [2.24, 2.45) is 0 Å². The summed E-state index contributed by atoms with van der Waals surface area (Å²) in [6.07, 6.45) is 2.96. The summed E-state index contributed by atoms with van der Waals surface area (Å²) >= 11 is 5.73. The van der Waals surface area contributed by atoms with Crippen LogP contribution in [0, 0.1) is 0 Å². The van der Waals surface area contributed by atoms with Crippen LogP contribution in [0.4, 0.5) is 0 Å². The van der Waals surface area contributed by atoms with E-state index in [-0.39, 0.29) is 0 Å². The van der Waals surface area contributed by atoms with E-state index < -0.39 is 0 Å². The SMILES string of the molecule is C=C1NCCCN1Cc1ccc(Cl)nc1. The molecule has 0 saturated carbocycles. The molecule has 1 N–H and O–H groups in total. The van der Waals surface area contributed by atoms with Gasteiger partial charge in [0.2, 0.25) is 0 Å². The minimum Gasteiger partial charge on any atom is -0.372 e. The first-order chi connectivity index (χ1) is 7.25. The highest BCUT2D eigenvalue weighted by Gasteiger charge is 2.12. The van der Waals surface area contributed by atoms with Gasteiger partial charge in [0.05, 0.1) is 5.82 Å². The number of nitrogens with zero attached hydrogens (tertiary/aromatic N) is 2. The van der Waals surface area contributed by atoms with Gasteiger partial charge in [0.1, 0.15) is 5.15 Å². The second-order valence-electron chi connectivity index (χ2n) is 3.64. The summed E-state index contributed by atoms with van der Waals surface area (Å²) in [4.78, 5) is 6.28. The summed E-state index contributed by atoms with van der Waals surface area (Å²) in [5, 5.41) is 3.79. The lowest BCUT2D eigenvalue weighted by atomic mass is 10.2. The van der Waals surface area contributed by atoms with Gasteiger partial charge in [-0.05, 0) is 18.1 Å². The molecule has 0 spiro atoms. The van der Waals surface area contributed by atoms with Gasteiger partial charge in [0.15, 0.2) is 0 Å². The van der Waals surface area contributed by atoms with E-state index in [0.717, 1.165) is 37.4 Å². The molecule has 1 aliphatic rings. The normalized spacial score (nSPS) is 16.3. The van der Waals surface area contributed by atoms with Crippen LogP contribution in [-0.2, 0) is 6.54 Å². The van der Waals surface area contributed by atoms with Crippen LogP contribution in [0.3, 0.4) is 0 Å². The van der Waals surface area contributed by atoms with Crippen LogP contribution in [0.2, 0.25) is 5.15 Å². The Kier molecular flexibility index (Phi) is 3.11. The van der Waals surface area contributed by atoms with Gasteiger partial charge >= 0.3 is 0 Å². The van der Waals surface area contributed by atoms with Gasteiger partial charge in [0.25, 0.3) is 0 Å². The summed E-state index contributed by atoms with van der Waals surface area (Å²) in [6.45, 7) is 6.89. The number of hydrogen-bond donors (Lipinski definition) is 1. The number of rotatable bonds is 2. The molecule has 0 aromatic carbocycles. The monoisotopic (exact) mass is 223 g/mol. The van der Waals surface area contributed by atoms with Crippen molar-refractivity contribution in [3.8, 4) is 0 Å². The zero-order valence-corrected chi connectivity index (χ0v) is 9.30. The Morgan fingerprint density at radius 1 is 1.53 bits per heavy atom. The first kappa shape index (κ1) is 10.3. The average molecular weight is 224 g/mol. The van der Waals surface area contributed by atoms with E-state index in [1.165, 1.54) is 0 Å². The molecule has 1 saturated heterocycles. The maximum Gasteiger partial charge on any atom is 0.129 e. The van der Waals surface area contributed by atoms with E-state index in [1.54, 1.807) is 0 Å². The van der Waals surface area contributed by atoms with Crippen LogP contribution < -0.4 is 5.32 Å². The molecule has 80 valence electrons. The zero-order valence-electron chi connectivity index (χ0n) is 8.54. The molecular formula is C11H14ClN3. The summed E-state index contributed by atoms with van der Waals surface area (Å²) in [5.41, 5.74) is 1.16. The van der Waals surface area contributed by atoms with E-state index in [0.29, 0.717) is 5.15 Å². The predicted molar refractivity (Wildman–Crippen MR) is 61.4 cm³/mol. The lowest BCUT2D eigenvalue weighted by Gasteiger charge is -2.31. The highest BCUT2D eigenvalue weighted by molar-refractivity contribution is 6.29. The zero-order chi connectivity index (χ0) is 10.7. The third kappa shape index (κ3) is 2.63. The molecule has 0 atom stereocenters. The Hall–Kier alpha value is -1.22. The van der Waals surface area contributed by atoms with Crippen LogP contribution in [0.1, 0.15) is 12.0 Å². The van der Waals surface area contributed by atoms with Gasteiger partial charge in [-0.25, -0.2) is 4.98 Å². The van der Waals surface area contributed by atoms with Crippen molar-refractivity contribution in [2.75, 3.05) is 13.1 Å². The molecule has 1 fully saturated rings. The standard InChI is InChI=1S/C11H14ClN3/c1-9-13-5-2-6-15(9)8-10-3-4-11(12)14-7-10/h3-4,7,13H,1-2,5-6,8H2. The fourth-order valence-electron chi connectivity index (χ4n) is 1.64. The quantitative estimate of drug-likeness (QED) is 0.778. The van der Waals surface area contributed by atoms with Crippen LogP contribution in [0.25, 0.3) is 0 Å². The topological polar surface area (TPSA) is 28.2 Å². The second-order valence-corrected chi connectivity index (χ2v) is 4.02. The number of nitrogens with one attached hydrogen (secondary N) is 1. The fraction of sp³-hybridized carbons (Fsp3) is 0.364. The van der Waals surface area contributed by atoms with Gasteiger partial charge in [-0.3, -0.25) is 0 Å². The fourth-order valence-corrected chi connectivity index (χ4v) is 1.76. The molecule has 4 heteroatoms. The van der Waals surface area contributed by atoms with Crippen molar-refractivity contribution in [2.45, 2.75) is 13.0 Å². The predicted octanol–water partition coefficient (Wildman–Crippen LogP) is 2.00. The van der Waals surface area contributed by atoms with Crippen molar-refractivity contribution < 1.29 is 0 Å². The molecule has 2 rings (SSSR count). The number of aromatic nitrogens is 1. The average Bonchev–Trinajstić information content (AvgIpc) is 2.25. The molecule has 1 aliphatic heterocycles. The van der Waals surface area contributed by atoms with Crippen LogP contribution >= 0.6 is 11.6 Å². The lowest BCUT2D eigenvalue weighted by Crippen LogP contribution is -2.38. The van der Waals surface area contributed by atoms with Crippen molar-refractivity contribution in [3.63, 3.8) is 0 Å².